The molecule has 0 aromatic carbocycles. The quantitative estimate of drug-likeness (QED) is 0.0429. The number of aliphatic hydroxyl groups excluding tert-OH is 3. The number of unbranched alkanes of at least 4 members (excludes halogenated alkanes) is 19. The van der Waals surface area contributed by atoms with Crippen molar-refractivity contribution >= 4 is 5.91 Å². The Bertz CT molecular complexity index is 745. The molecule has 3 atom stereocenters. The highest BCUT2D eigenvalue weighted by molar-refractivity contribution is 5.80. The second-order valence-corrected chi connectivity index (χ2v) is 12.8. The molecule has 0 spiro atoms. The van der Waals surface area contributed by atoms with Crippen molar-refractivity contribution in [3.05, 3.63) is 48.6 Å². The predicted octanol–water partition coefficient (Wildman–Crippen LogP) is 10.2. The molecule has 3 unspecified atom stereocenters. The van der Waals surface area contributed by atoms with Gasteiger partial charge in [0, 0.05) is 0 Å². The first-order valence-electron chi connectivity index (χ1n) is 19.0. The average Bonchev–Trinajstić information content (AvgIpc) is 3.04. The van der Waals surface area contributed by atoms with Crippen LogP contribution in [0.2, 0.25) is 0 Å². The summed E-state index contributed by atoms with van der Waals surface area (Å²) in [6.07, 6.45) is 44.1. The van der Waals surface area contributed by atoms with Crippen LogP contribution in [0.1, 0.15) is 174 Å². The summed E-state index contributed by atoms with van der Waals surface area (Å²) >= 11 is 0. The molecule has 5 nitrogen and oxygen atoms in total. The van der Waals surface area contributed by atoms with Gasteiger partial charge in [0.1, 0.15) is 6.10 Å². The predicted molar refractivity (Wildman–Crippen MR) is 194 cm³/mol. The summed E-state index contributed by atoms with van der Waals surface area (Å²) in [4.78, 5) is 12.4. The number of nitrogens with one attached hydrogen (secondary N) is 1. The second kappa shape index (κ2) is 35.2. The highest BCUT2D eigenvalue weighted by Gasteiger charge is 2.22. The molecule has 0 saturated heterocycles. The van der Waals surface area contributed by atoms with E-state index in [-0.39, 0.29) is 6.61 Å². The molecule has 0 rings (SSSR count). The molecule has 0 aliphatic rings. The summed E-state index contributed by atoms with van der Waals surface area (Å²) in [6.45, 7) is 4.11. The van der Waals surface area contributed by atoms with E-state index in [2.05, 4.69) is 55.6 Å². The lowest BCUT2D eigenvalue weighted by Gasteiger charge is -2.21. The van der Waals surface area contributed by atoms with Crippen LogP contribution in [0.4, 0.5) is 0 Å². The molecule has 0 bridgehead atoms. The Hall–Kier alpha value is -1.69. The fourth-order valence-corrected chi connectivity index (χ4v) is 5.33. The average molecular weight is 632 g/mol. The Morgan fingerprint density at radius 3 is 1.40 bits per heavy atom. The number of aliphatic hydroxyl groups is 3. The smallest absolute Gasteiger partial charge is 0.249 e. The first-order valence-corrected chi connectivity index (χ1v) is 19.0. The van der Waals surface area contributed by atoms with Gasteiger partial charge in [-0.25, -0.2) is 0 Å². The van der Waals surface area contributed by atoms with Crippen molar-refractivity contribution in [1.82, 2.24) is 5.32 Å². The highest BCUT2D eigenvalue weighted by atomic mass is 16.3. The largest absolute Gasteiger partial charge is 0.394 e. The monoisotopic (exact) mass is 632 g/mol. The van der Waals surface area contributed by atoms with Gasteiger partial charge >= 0.3 is 0 Å². The van der Waals surface area contributed by atoms with Gasteiger partial charge in [-0.3, -0.25) is 4.79 Å². The summed E-state index contributed by atoms with van der Waals surface area (Å²) in [5, 5.41) is 32.9. The number of carbonyl (C=O) groups excluding carboxylic acids is 1. The minimum absolute atomic E-state index is 0.385. The summed E-state index contributed by atoms with van der Waals surface area (Å²) in [5.41, 5.74) is 0. The van der Waals surface area contributed by atoms with Crippen LogP contribution < -0.4 is 5.32 Å². The summed E-state index contributed by atoms with van der Waals surface area (Å²) in [6, 6.07) is -0.822. The van der Waals surface area contributed by atoms with Crippen LogP contribution in [0.25, 0.3) is 0 Å². The molecule has 0 radical (unpaired) electrons. The van der Waals surface area contributed by atoms with E-state index in [1.165, 1.54) is 103 Å². The van der Waals surface area contributed by atoms with Crippen LogP contribution in [0.5, 0.6) is 0 Å². The molecule has 4 N–H and O–H groups in total. The third-order valence-electron chi connectivity index (χ3n) is 8.37. The molecule has 0 aliphatic carbocycles. The summed E-state index contributed by atoms with van der Waals surface area (Å²) in [7, 11) is 0. The Kier molecular flexibility index (Phi) is 33.8. The summed E-state index contributed by atoms with van der Waals surface area (Å²) in [5.74, 6) is -0.525. The van der Waals surface area contributed by atoms with Crippen molar-refractivity contribution in [3.63, 3.8) is 0 Å². The minimum Gasteiger partial charge on any atom is -0.394 e. The van der Waals surface area contributed by atoms with Crippen molar-refractivity contribution in [2.24, 2.45) is 0 Å². The molecule has 0 saturated carbocycles. The van der Waals surface area contributed by atoms with Crippen LogP contribution >= 0.6 is 0 Å². The third-order valence-corrected chi connectivity index (χ3v) is 8.37. The van der Waals surface area contributed by atoms with Crippen LogP contribution in [-0.4, -0.2) is 46.1 Å². The maximum absolute atomic E-state index is 12.4. The van der Waals surface area contributed by atoms with Gasteiger partial charge < -0.3 is 20.6 Å². The minimum atomic E-state index is -1.11. The molecule has 0 fully saturated rings. The molecular formula is C40H73NO4. The number of hydrogen-bond donors (Lipinski definition) is 4. The van der Waals surface area contributed by atoms with Gasteiger partial charge in [-0.2, -0.15) is 0 Å². The maximum Gasteiger partial charge on any atom is 0.249 e. The van der Waals surface area contributed by atoms with Crippen molar-refractivity contribution in [2.45, 2.75) is 193 Å². The van der Waals surface area contributed by atoms with E-state index in [4.69, 9.17) is 0 Å². The van der Waals surface area contributed by atoms with E-state index in [1.54, 1.807) is 6.08 Å². The first-order chi connectivity index (χ1) is 22.1. The van der Waals surface area contributed by atoms with Gasteiger partial charge in [0.25, 0.3) is 0 Å². The fraction of sp³-hybridized carbons (Fsp3) is 0.775. The number of rotatable bonds is 33. The van der Waals surface area contributed by atoms with E-state index in [0.29, 0.717) is 6.42 Å². The SMILES string of the molecule is CCCCC/C=C/CC/C=C/CC/C=C/C(O)C(CO)NC(=O)C(O)CCCCCCCC/C=C\CCCCCCCCCC. The molecule has 0 aromatic heterocycles. The zero-order valence-electron chi connectivity index (χ0n) is 29.5. The Balaban J connectivity index is 3.80. The first kappa shape index (κ1) is 43.3. The maximum atomic E-state index is 12.4. The van der Waals surface area contributed by atoms with Crippen LogP contribution in [0, 0.1) is 0 Å². The van der Waals surface area contributed by atoms with Gasteiger partial charge in [0.15, 0.2) is 0 Å². The molecule has 262 valence electrons. The molecule has 0 aromatic rings. The van der Waals surface area contributed by atoms with E-state index in [0.717, 1.165) is 51.4 Å². The topological polar surface area (TPSA) is 89.8 Å². The molecule has 45 heavy (non-hydrogen) atoms. The van der Waals surface area contributed by atoms with Gasteiger partial charge in [0.05, 0.1) is 18.8 Å². The summed E-state index contributed by atoms with van der Waals surface area (Å²) < 4.78 is 0. The lowest BCUT2D eigenvalue weighted by molar-refractivity contribution is -0.131. The number of allylic oxidation sites excluding steroid dienone is 7. The molecule has 1 amide bonds. The van der Waals surface area contributed by atoms with Gasteiger partial charge in [-0.1, -0.05) is 152 Å². The standard InChI is InChI=1S/C40H73NO4/c1-3-5-7-9-11-13-15-17-18-19-20-21-23-25-27-29-31-33-35-39(44)40(45)41-37(36-42)38(43)34-32-30-28-26-24-22-16-14-12-10-8-6-4-2/h12,14,19-20,24,26,32,34,37-39,42-44H,3-11,13,15-18,21-23,25,27-31,33,35-36H2,1-2H3,(H,41,45)/b14-12+,20-19-,26-24+,34-32+. The fourth-order valence-electron chi connectivity index (χ4n) is 5.33. The van der Waals surface area contributed by atoms with Crippen LogP contribution in [0.15, 0.2) is 48.6 Å². The van der Waals surface area contributed by atoms with Gasteiger partial charge in [-0.05, 0) is 70.6 Å². The van der Waals surface area contributed by atoms with Crippen molar-refractivity contribution in [3.8, 4) is 0 Å². The Morgan fingerprint density at radius 2 is 0.911 bits per heavy atom. The Labute approximate surface area is 278 Å². The Morgan fingerprint density at radius 1 is 0.533 bits per heavy atom. The number of hydrogen-bond acceptors (Lipinski definition) is 4. The highest BCUT2D eigenvalue weighted by Crippen LogP contribution is 2.12. The van der Waals surface area contributed by atoms with Crippen molar-refractivity contribution < 1.29 is 20.1 Å². The molecule has 0 aliphatic heterocycles. The zero-order chi connectivity index (χ0) is 33.1. The third kappa shape index (κ3) is 30.7. The van der Waals surface area contributed by atoms with Crippen molar-refractivity contribution in [1.29, 1.82) is 0 Å². The van der Waals surface area contributed by atoms with Gasteiger partial charge in [0.2, 0.25) is 5.91 Å². The van der Waals surface area contributed by atoms with E-state index in [1.807, 2.05) is 6.08 Å². The van der Waals surface area contributed by atoms with E-state index < -0.39 is 24.2 Å². The lowest BCUT2D eigenvalue weighted by atomic mass is 10.0. The van der Waals surface area contributed by atoms with Crippen molar-refractivity contribution in [2.75, 3.05) is 6.61 Å². The molecule has 0 heterocycles. The van der Waals surface area contributed by atoms with E-state index in [9.17, 15) is 20.1 Å². The number of carbonyl (C=O) groups is 1. The van der Waals surface area contributed by atoms with Gasteiger partial charge in [-0.15, -0.1) is 0 Å². The second-order valence-electron chi connectivity index (χ2n) is 12.8. The zero-order valence-corrected chi connectivity index (χ0v) is 29.5. The van der Waals surface area contributed by atoms with Crippen LogP contribution in [0.3, 0.4) is 0 Å². The van der Waals surface area contributed by atoms with Crippen LogP contribution in [-0.2, 0) is 4.79 Å². The molecular weight excluding hydrogens is 558 g/mol. The lowest BCUT2D eigenvalue weighted by Crippen LogP contribution is -2.48. The molecule has 5 heteroatoms. The normalized spacial score (nSPS) is 14.3. The number of amides is 1. The van der Waals surface area contributed by atoms with E-state index >= 15 is 0 Å².